The second-order valence-electron chi connectivity index (χ2n) is 7.84. The van der Waals surface area contributed by atoms with Crippen LogP contribution >= 0.6 is 11.6 Å². The number of carbonyl (C=O) groups excluding carboxylic acids is 2. The highest BCUT2D eigenvalue weighted by Gasteiger charge is 2.30. The zero-order valence-corrected chi connectivity index (χ0v) is 17.6. The van der Waals surface area contributed by atoms with Gasteiger partial charge in [0.15, 0.2) is 0 Å². The van der Waals surface area contributed by atoms with E-state index in [1.54, 1.807) is 19.1 Å². The van der Waals surface area contributed by atoms with E-state index < -0.39 is 0 Å². The van der Waals surface area contributed by atoms with Crippen LogP contribution in [-0.2, 0) is 4.79 Å². The van der Waals surface area contributed by atoms with E-state index in [0.717, 1.165) is 19.3 Å². The fourth-order valence-electron chi connectivity index (χ4n) is 3.73. The Morgan fingerprint density at radius 2 is 1.93 bits per heavy atom. The maximum atomic E-state index is 13.2. The fourth-order valence-corrected chi connectivity index (χ4v) is 4.09. The molecule has 2 N–H and O–H groups in total. The molecular weight excluding hydrogens is 395 g/mol. The summed E-state index contributed by atoms with van der Waals surface area (Å²) in [6.45, 7) is 5.58. The molecule has 29 heavy (non-hydrogen) atoms. The summed E-state index contributed by atoms with van der Waals surface area (Å²) in [4.78, 5) is 25.2. The van der Waals surface area contributed by atoms with Gasteiger partial charge in [0.25, 0.3) is 5.91 Å². The summed E-state index contributed by atoms with van der Waals surface area (Å²) >= 11 is 6.43. The van der Waals surface area contributed by atoms with E-state index in [-0.39, 0.29) is 40.8 Å². The Labute approximate surface area is 174 Å². The van der Waals surface area contributed by atoms with Crippen LogP contribution in [0.2, 0.25) is 5.15 Å². The molecule has 1 aliphatic carbocycles. The highest BCUT2D eigenvalue weighted by Crippen LogP contribution is 2.27. The molecule has 1 heterocycles. The molecule has 0 bridgehead atoms. The molecule has 1 fully saturated rings. The lowest BCUT2D eigenvalue weighted by Crippen LogP contribution is -2.43. The Kier molecular flexibility index (Phi) is 6.57. The molecule has 1 aromatic carbocycles. The molecule has 2 aromatic rings. The Morgan fingerprint density at radius 1 is 1.24 bits per heavy atom. The second kappa shape index (κ2) is 8.95. The minimum atomic E-state index is -0.361. The maximum Gasteiger partial charge on any atom is 0.256 e. The highest BCUT2D eigenvalue weighted by molar-refractivity contribution is 6.33. The van der Waals surface area contributed by atoms with Crippen molar-refractivity contribution in [1.82, 2.24) is 20.4 Å². The van der Waals surface area contributed by atoms with Gasteiger partial charge in [0.1, 0.15) is 11.0 Å². The predicted molar refractivity (Wildman–Crippen MR) is 110 cm³/mol. The fraction of sp³-hybridized carbons (Fsp3) is 0.476. The van der Waals surface area contributed by atoms with Crippen LogP contribution < -0.4 is 10.6 Å². The summed E-state index contributed by atoms with van der Waals surface area (Å²) in [5, 5.41) is 10.5. The van der Waals surface area contributed by atoms with Gasteiger partial charge in [-0.25, -0.2) is 9.07 Å². The summed E-state index contributed by atoms with van der Waals surface area (Å²) in [5.74, 6) is -0.733. The van der Waals surface area contributed by atoms with Crippen molar-refractivity contribution in [2.24, 2.45) is 5.92 Å². The van der Waals surface area contributed by atoms with Crippen molar-refractivity contribution in [1.29, 1.82) is 0 Å². The van der Waals surface area contributed by atoms with Gasteiger partial charge < -0.3 is 10.6 Å². The lowest BCUT2D eigenvalue weighted by molar-refractivity contribution is -0.126. The van der Waals surface area contributed by atoms with Gasteiger partial charge in [-0.1, -0.05) is 18.0 Å². The van der Waals surface area contributed by atoms with E-state index in [2.05, 4.69) is 15.7 Å². The van der Waals surface area contributed by atoms with Gasteiger partial charge in [-0.15, -0.1) is 0 Å². The van der Waals surface area contributed by atoms with Crippen molar-refractivity contribution in [3.63, 3.8) is 0 Å². The quantitative estimate of drug-likeness (QED) is 0.772. The molecule has 2 atom stereocenters. The molecular formula is C21H26ClFN4O2. The summed E-state index contributed by atoms with van der Waals surface area (Å²) in [6.07, 6.45) is 3.13. The summed E-state index contributed by atoms with van der Waals surface area (Å²) < 4.78 is 14.6. The lowest BCUT2D eigenvalue weighted by atomic mass is 9.85. The number of aromatic nitrogens is 2. The molecule has 3 rings (SSSR count). The SMILES string of the molecule is Cc1nn(-c2ccc(F)cc2)c(Cl)c1C(=O)NC1CCCC(C(=O)NC(C)C)C1. The largest absolute Gasteiger partial charge is 0.354 e. The van der Waals surface area contributed by atoms with Crippen LogP contribution in [0.1, 0.15) is 55.6 Å². The van der Waals surface area contributed by atoms with Crippen LogP contribution in [0, 0.1) is 18.7 Å². The standard InChI is InChI=1S/C21H26ClFN4O2/c1-12(2)24-20(28)14-5-4-6-16(11-14)25-21(29)18-13(3)26-27(19(18)22)17-9-7-15(23)8-10-17/h7-10,12,14,16H,4-6,11H2,1-3H3,(H,24,28)(H,25,29). The number of nitrogens with one attached hydrogen (secondary N) is 2. The Balaban J connectivity index is 1.72. The number of nitrogens with zero attached hydrogens (tertiary/aromatic N) is 2. The first-order valence-corrected chi connectivity index (χ1v) is 10.3. The predicted octanol–water partition coefficient (Wildman–Crippen LogP) is 3.79. The van der Waals surface area contributed by atoms with Crippen molar-refractivity contribution in [2.75, 3.05) is 0 Å². The number of halogens is 2. The van der Waals surface area contributed by atoms with E-state index in [1.165, 1.54) is 16.8 Å². The van der Waals surface area contributed by atoms with E-state index in [0.29, 0.717) is 23.4 Å². The first-order chi connectivity index (χ1) is 13.8. The van der Waals surface area contributed by atoms with Crippen molar-refractivity contribution in [3.05, 3.63) is 46.5 Å². The van der Waals surface area contributed by atoms with Crippen LogP contribution in [0.15, 0.2) is 24.3 Å². The first kappa shape index (κ1) is 21.3. The van der Waals surface area contributed by atoms with E-state index in [1.807, 2.05) is 13.8 Å². The average Bonchev–Trinajstić information content (AvgIpc) is 2.96. The molecule has 1 aliphatic rings. The number of hydrogen-bond donors (Lipinski definition) is 2. The second-order valence-corrected chi connectivity index (χ2v) is 8.19. The number of rotatable bonds is 5. The molecule has 0 aliphatic heterocycles. The third-order valence-electron chi connectivity index (χ3n) is 5.11. The van der Waals surface area contributed by atoms with Gasteiger partial charge in [-0.3, -0.25) is 9.59 Å². The molecule has 0 saturated heterocycles. The molecule has 2 amide bonds. The first-order valence-electron chi connectivity index (χ1n) is 9.88. The van der Waals surface area contributed by atoms with Crippen LogP contribution in [0.5, 0.6) is 0 Å². The third-order valence-corrected chi connectivity index (χ3v) is 5.46. The molecule has 0 radical (unpaired) electrons. The van der Waals surface area contributed by atoms with E-state index in [4.69, 9.17) is 11.6 Å². The number of hydrogen-bond acceptors (Lipinski definition) is 3. The molecule has 1 aromatic heterocycles. The average molecular weight is 421 g/mol. The minimum Gasteiger partial charge on any atom is -0.354 e. The zero-order valence-electron chi connectivity index (χ0n) is 16.8. The van der Waals surface area contributed by atoms with Crippen LogP contribution in [-0.4, -0.2) is 33.7 Å². The van der Waals surface area contributed by atoms with Crippen LogP contribution in [0.25, 0.3) is 5.69 Å². The highest BCUT2D eigenvalue weighted by atomic mass is 35.5. The van der Waals surface area contributed by atoms with Crippen molar-refractivity contribution >= 4 is 23.4 Å². The summed E-state index contributed by atoms with van der Waals surface area (Å²) in [7, 11) is 0. The number of aryl methyl sites for hydroxylation is 1. The smallest absolute Gasteiger partial charge is 0.256 e. The molecule has 6 nitrogen and oxygen atoms in total. The van der Waals surface area contributed by atoms with Crippen LogP contribution in [0.3, 0.4) is 0 Å². The van der Waals surface area contributed by atoms with Gasteiger partial charge in [0.05, 0.1) is 16.9 Å². The van der Waals surface area contributed by atoms with E-state index >= 15 is 0 Å². The normalized spacial score (nSPS) is 19.2. The molecule has 1 saturated carbocycles. The zero-order chi connectivity index (χ0) is 21.1. The third kappa shape index (κ3) is 4.96. The molecule has 8 heteroatoms. The lowest BCUT2D eigenvalue weighted by Gasteiger charge is -2.29. The number of amides is 2. The summed E-state index contributed by atoms with van der Waals surface area (Å²) in [5.41, 5.74) is 1.35. The van der Waals surface area contributed by atoms with Crippen molar-refractivity contribution < 1.29 is 14.0 Å². The van der Waals surface area contributed by atoms with E-state index in [9.17, 15) is 14.0 Å². The van der Waals surface area contributed by atoms with Crippen molar-refractivity contribution in [3.8, 4) is 5.69 Å². The van der Waals surface area contributed by atoms with Gasteiger partial charge >= 0.3 is 0 Å². The molecule has 2 unspecified atom stereocenters. The van der Waals surface area contributed by atoms with Crippen molar-refractivity contribution in [2.45, 2.75) is 58.5 Å². The number of benzene rings is 1. The van der Waals surface area contributed by atoms with Crippen LogP contribution in [0.4, 0.5) is 4.39 Å². The van der Waals surface area contributed by atoms with Gasteiger partial charge in [0.2, 0.25) is 5.91 Å². The Morgan fingerprint density at radius 3 is 2.59 bits per heavy atom. The topological polar surface area (TPSA) is 76.0 Å². The monoisotopic (exact) mass is 420 g/mol. The number of carbonyl (C=O) groups is 2. The molecule has 0 spiro atoms. The van der Waals surface area contributed by atoms with Gasteiger partial charge in [-0.2, -0.15) is 5.10 Å². The Hall–Kier alpha value is -2.41. The van der Waals surface area contributed by atoms with Gasteiger partial charge in [0, 0.05) is 18.0 Å². The summed E-state index contributed by atoms with van der Waals surface area (Å²) in [6, 6.07) is 5.72. The van der Waals surface area contributed by atoms with Gasteiger partial charge in [-0.05, 0) is 64.3 Å². The maximum absolute atomic E-state index is 13.2. The minimum absolute atomic E-state index is 0.0392. The Bertz CT molecular complexity index is 895. The molecule has 156 valence electrons.